The van der Waals surface area contributed by atoms with Gasteiger partial charge in [-0.25, -0.2) is 9.18 Å². The van der Waals surface area contributed by atoms with Crippen molar-refractivity contribution < 1.29 is 28.3 Å². The molecule has 0 unspecified atom stereocenters. The van der Waals surface area contributed by atoms with Gasteiger partial charge < -0.3 is 31.3 Å². The SMILES string of the molecule is CCNC(=O)N[C@H](C(N)=O)C(=O)Nc1ccc(N2CCOCC2=O)c(F)c1. The number of carbonyl (C=O) groups excluding carboxylic acids is 4. The number of amides is 5. The number of hydrogen-bond donors (Lipinski definition) is 4. The fraction of sp³-hybridized carbons (Fsp3) is 0.375. The zero-order valence-corrected chi connectivity index (χ0v) is 14.6. The molecule has 5 amide bonds. The minimum Gasteiger partial charge on any atom is -0.370 e. The van der Waals surface area contributed by atoms with Gasteiger partial charge in [0.05, 0.1) is 12.3 Å². The largest absolute Gasteiger partial charge is 0.370 e. The molecule has 0 aliphatic carbocycles. The number of halogens is 1. The van der Waals surface area contributed by atoms with Crippen LogP contribution >= 0.6 is 0 Å². The predicted octanol–water partition coefficient (Wildman–Crippen LogP) is -0.700. The summed E-state index contributed by atoms with van der Waals surface area (Å²) < 4.78 is 19.4. The van der Waals surface area contributed by atoms with Gasteiger partial charge in [0.15, 0.2) is 6.04 Å². The first-order valence-corrected chi connectivity index (χ1v) is 8.15. The van der Waals surface area contributed by atoms with E-state index in [0.29, 0.717) is 0 Å². The number of urea groups is 1. The molecule has 1 heterocycles. The van der Waals surface area contributed by atoms with Gasteiger partial charge in [0.1, 0.15) is 12.4 Å². The first-order chi connectivity index (χ1) is 12.8. The summed E-state index contributed by atoms with van der Waals surface area (Å²) >= 11 is 0. The first kappa shape index (κ1) is 20.1. The van der Waals surface area contributed by atoms with Crippen molar-refractivity contribution in [2.24, 2.45) is 5.73 Å². The molecule has 27 heavy (non-hydrogen) atoms. The molecular formula is C16H20FN5O5. The highest BCUT2D eigenvalue weighted by Gasteiger charge is 2.27. The van der Waals surface area contributed by atoms with Crippen LogP contribution in [0.4, 0.5) is 20.6 Å². The molecule has 1 aromatic rings. The summed E-state index contributed by atoms with van der Waals surface area (Å²) in [5.41, 5.74) is 5.21. The molecule has 146 valence electrons. The Morgan fingerprint density at radius 2 is 2.11 bits per heavy atom. The van der Waals surface area contributed by atoms with Crippen molar-refractivity contribution in [1.82, 2.24) is 10.6 Å². The van der Waals surface area contributed by atoms with Gasteiger partial charge in [0, 0.05) is 18.8 Å². The molecule has 1 atom stereocenters. The number of nitrogens with two attached hydrogens (primary N) is 1. The summed E-state index contributed by atoms with van der Waals surface area (Å²) in [5.74, 6) is -3.12. The molecule has 1 fully saturated rings. The molecule has 1 aliphatic heterocycles. The Balaban J connectivity index is 2.10. The minimum absolute atomic E-state index is 0.0332. The van der Waals surface area contributed by atoms with Crippen molar-refractivity contribution in [3.05, 3.63) is 24.0 Å². The maximum absolute atomic E-state index is 14.4. The molecule has 5 N–H and O–H groups in total. The topological polar surface area (TPSA) is 143 Å². The lowest BCUT2D eigenvalue weighted by Gasteiger charge is -2.27. The van der Waals surface area contributed by atoms with E-state index in [2.05, 4.69) is 16.0 Å². The Bertz CT molecular complexity index is 757. The third-order valence-corrected chi connectivity index (χ3v) is 3.65. The lowest BCUT2D eigenvalue weighted by molar-refractivity contribution is -0.128. The van der Waals surface area contributed by atoms with E-state index in [1.165, 1.54) is 17.0 Å². The molecule has 0 radical (unpaired) electrons. The van der Waals surface area contributed by atoms with Crippen molar-refractivity contribution in [3.8, 4) is 0 Å². The highest BCUT2D eigenvalue weighted by molar-refractivity contribution is 6.11. The van der Waals surface area contributed by atoms with Gasteiger partial charge in [-0.1, -0.05) is 0 Å². The van der Waals surface area contributed by atoms with Gasteiger partial charge in [0.2, 0.25) is 5.91 Å². The number of nitrogens with one attached hydrogen (secondary N) is 3. The van der Waals surface area contributed by atoms with E-state index in [-0.39, 0.29) is 43.6 Å². The first-order valence-electron chi connectivity index (χ1n) is 8.15. The molecule has 0 aromatic heterocycles. The van der Waals surface area contributed by atoms with Crippen molar-refractivity contribution in [2.45, 2.75) is 13.0 Å². The van der Waals surface area contributed by atoms with Gasteiger partial charge in [-0.15, -0.1) is 0 Å². The monoisotopic (exact) mass is 381 g/mol. The minimum atomic E-state index is -1.64. The zero-order valence-electron chi connectivity index (χ0n) is 14.6. The maximum atomic E-state index is 14.4. The standard InChI is InChI=1S/C16H20FN5O5/c1-2-19-16(26)21-13(14(18)24)15(25)20-9-3-4-11(10(17)7-9)22-5-6-27-8-12(22)23/h3-4,7,13H,2,5-6,8H2,1H3,(H2,18,24)(H,20,25)(H2,19,21,26)/t13-/m1/s1. The lowest BCUT2D eigenvalue weighted by Crippen LogP contribution is -2.54. The quantitative estimate of drug-likeness (QED) is 0.482. The number of benzene rings is 1. The highest BCUT2D eigenvalue weighted by atomic mass is 19.1. The Labute approximate surface area is 154 Å². The van der Waals surface area contributed by atoms with Crippen LogP contribution in [-0.2, 0) is 19.1 Å². The zero-order chi connectivity index (χ0) is 20.0. The van der Waals surface area contributed by atoms with Gasteiger partial charge in [0.25, 0.3) is 11.8 Å². The third-order valence-electron chi connectivity index (χ3n) is 3.65. The second-order valence-electron chi connectivity index (χ2n) is 5.59. The Morgan fingerprint density at radius 1 is 1.37 bits per heavy atom. The number of primary amides is 1. The third kappa shape index (κ3) is 5.14. The second-order valence-corrected chi connectivity index (χ2v) is 5.59. The van der Waals surface area contributed by atoms with Crippen LogP contribution in [0.2, 0.25) is 0 Å². The van der Waals surface area contributed by atoms with E-state index >= 15 is 0 Å². The van der Waals surface area contributed by atoms with Gasteiger partial charge in [-0.2, -0.15) is 0 Å². The van der Waals surface area contributed by atoms with Crippen LogP contribution in [0.15, 0.2) is 18.2 Å². The second kappa shape index (κ2) is 8.94. The van der Waals surface area contributed by atoms with Crippen molar-refractivity contribution >= 4 is 35.1 Å². The molecule has 0 bridgehead atoms. The van der Waals surface area contributed by atoms with Crippen molar-refractivity contribution in [2.75, 3.05) is 36.5 Å². The number of nitrogens with zero attached hydrogens (tertiary/aromatic N) is 1. The normalized spacial score (nSPS) is 15.0. The van der Waals surface area contributed by atoms with Crippen LogP contribution in [0.5, 0.6) is 0 Å². The number of anilines is 2. The van der Waals surface area contributed by atoms with Crippen LogP contribution in [0.1, 0.15) is 6.92 Å². The van der Waals surface area contributed by atoms with Crippen LogP contribution in [0, 0.1) is 5.82 Å². The van der Waals surface area contributed by atoms with Crippen LogP contribution in [0.25, 0.3) is 0 Å². The van der Waals surface area contributed by atoms with E-state index in [9.17, 15) is 23.6 Å². The number of hydrogen-bond acceptors (Lipinski definition) is 5. The molecular weight excluding hydrogens is 361 g/mol. The van der Waals surface area contributed by atoms with Crippen LogP contribution in [-0.4, -0.2) is 56.1 Å². The summed E-state index contributed by atoms with van der Waals surface area (Å²) in [6.07, 6.45) is 0. The molecule has 10 nitrogen and oxygen atoms in total. The van der Waals surface area contributed by atoms with Crippen molar-refractivity contribution in [1.29, 1.82) is 0 Å². The van der Waals surface area contributed by atoms with E-state index in [1.807, 2.05) is 0 Å². The fourth-order valence-corrected chi connectivity index (χ4v) is 2.40. The summed E-state index contributed by atoms with van der Waals surface area (Å²) in [5, 5.41) is 6.79. The summed E-state index contributed by atoms with van der Waals surface area (Å²) in [6, 6.07) is 1.30. The molecule has 11 heteroatoms. The number of morpholine rings is 1. The Morgan fingerprint density at radius 3 is 2.70 bits per heavy atom. The van der Waals surface area contributed by atoms with Crippen LogP contribution in [0.3, 0.4) is 0 Å². The number of carbonyl (C=O) groups is 4. The van der Waals surface area contributed by atoms with Gasteiger partial charge in [-0.05, 0) is 25.1 Å². The fourth-order valence-electron chi connectivity index (χ4n) is 2.40. The van der Waals surface area contributed by atoms with E-state index in [1.54, 1.807) is 6.92 Å². The maximum Gasteiger partial charge on any atom is 0.315 e. The van der Waals surface area contributed by atoms with Crippen LogP contribution < -0.4 is 26.6 Å². The molecule has 0 saturated carbocycles. The Kier molecular flexibility index (Phi) is 6.66. The summed E-state index contributed by atoms with van der Waals surface area (Å²) in [6.45, 7) is 2.30. The average molecular weight is 381 g/mol. The van der Waals surface area contributed by atoms with E-state index < -0.39 is 29.7 Å². The van der Waals surface area contributed by atoms with Gasteiger partial charge >= 0.3 is 6.03 Å². The van der Waals surface area contributed by atoms with E-state index in [4.69, 9.17) is 10.5 Å². The summed E-state index contributed by atoms with van der Waals surface area (Å²) in [7, 11) is 0. The smallest absolute Gasteiger partial charge is 0.315 e. The molecule has 1 aliphatic rings. The molecule has 0 spiro atoms. The van der Waals surface area contributed by atoms with Gasteiger partial charge in [-0.3, -0.25) is 14.4 Å². The van der Waals surface area contributed by atoms with Crippen molar-refractivity contribution in [3.63, 3.8) is 0 Å². The Hall–Kier alpha value is -3.21. The average Bonchev–Trinajstić information content (AvgIpc) is 2.60. The van der Waals surface area contributed by atoms with E-state index in [0.717, 1.165) is 6.07 Å². The number of ether oxygens (including phenoxy) is 1. The lowest BCUT2D eigenvalue weighted by atomic mass is 10.2. The molecule has 1 aromatic carbocycles. The highest BCUT2D eigenvalue weighted by Crippen LogP contribution is 2.24. The number of rotatable bonds is 6. The molecule has 2 rings (SSSR count). The predicted molar refractivity (Wildman–Crippen MR) is 93.4 cm³/mol. The summed E-state index contributed by atoms with van der Waals surface area (Å²) in [4.78, 5) is 48.2. The molecule has 1 saturated heterocycles.